The highest BCUT2D eigenvalue weighted by Crippen LogP contribution is 2.21. The number of pyridine rings is 1. The van der Waals surface area contributed by atoms with Crippen molar-refractivity contribution in [2.24, 2.45) is 0 Å². The van der Waals surface area contributed by atoms with E-state index in [-0.39, 0.29) is 6.10 Å². The maximum atomic E-state index is 5.76. The lowest BCUT2D eigenvalue weighted by Crippen LogP contribution is -2.30. The summed E-state index contributed by atoms with van der Waals surface area (Å²) in [5.74, 6) is -0.443. The van der Waals surface area contributed by atoms with Crippen LogP contribution in [0.15, 0.2) is 36.5 Å². The monoisotopic (exact) mass is 272 g/mol. The van der Waals surface area contributed by atoms with Crippen LogP contribution in [0.25, 0.3) is 10.9 Å². The van der Waals surface area contributed by atoms with Gasteiger partial charge in [-0.15, -0.1) is 0 Å². The second-order valence-corrected chi connectivity index (χ2v) is 5.61. The van der Waals surface area contributed by atoms with Gasteiger partial charge < -0.3 is 14.8 Å². The average Bonchev–Trinajstić information content (AvgIpc) is 2.78. The molecule has 1 aliphatic rings. The molecule has 2 aromatic rings. The zero-order valence-corrected chi connectivity index (χ0v) is 11.9. The first-order chi connectivity index (χ1) is 9.62. The average molecular weight is 272 g/mol. The number of nitrogens with one attached hydrogen (secondary N) is 1. The van der Waals surface area contributed by atoms with Crippen LogP contribution >= 0.6 is 0 Å². The van der Waals surface area contributed by atoms with Gasteiger partial charge in [0.15, 0.2) is 5.79 Å². The molecule has 1 saturated heterocycles. The number of rotatable bonds is 4. The topological polar surface area (TPSA) is 43.4 Å². The molecule has 1 atom stereocenters. The third kappa shape index (κ3) is 3.15. The van der Waals surface area contributed by atoms with Crippen LogP contribution in [-0.2, 0) is 16.0 Å². The first kappa shape index (κ1) is 13.5. The summed E-state index contributed by atoms with van der Waals surface area (Å²) in [6, 6.07) is 10.4. The molecule has 1 N–H and O–H groups in total. The van der Waals surface area contributed by atoms with E-state index >= 15 is 0 Å². The van der Waals surface area contributed by atoms with Crippen molar-refractivity contribution >= 4 is 10.9 Å². The van der Waals surface area contributed by atoms with Gasteiger partial charge in [0.25, 0.3) is 0 Å². The van der Waals surface area contributed by atoms with Gasteiger partial charge in [-0.05, 0) is 37.6 Å². The molecule has 4 heteroatoms. The highest BCUT2D eigenvalue weighted by Gasteiger charge is 2.32. The molecule has 0 aliphatic carbocycles. The molecule has 1 aliphatic heterocycles. The zero-order chi connectivity index (χ0) is 14.0. The van der Waals surface area contributed by atoms with Crippen molar-refractivity contribution in [2.45, 2.75) is 32.3 Å². The molecule has 4 nitrogen and oxygen atoms in total. The van der Waals surface area contributed by atoms with Crippen molar-refractivity contribution in [3.05, 3.63) is 42.1 Å². The second kappa shape index (κ2) is 5.48. The quantitative estimate of drug-likeness (QED) is 0.928. The molecule has 1 unspecified atom stereocenters. The predicted octanol–water partition coefficient (Wildman–Crippen LogP) is 2.48. The van der Waals surface area contributed by atoms with E-state index in [1.807, 2.05) is 26.1 Å². The summed E-state index contributed by atoms with van der Waals surface area (Å²) in [5, 5.41) is 4.60. The van der Waals surface area contributed by atoms with E-state index in [9.17, 15) is 0 Å². The molecule has 1 aromatic carbocycles. The van der Waals surface area contributed by atoms with Crippen LogP contribution in [0.4, 0.5) is 0 Å². The lowest BCUT2D eigenvalue weighted by atomic mass is 10.1. The minimum absolute atomic E-state index is 0.132. The van der Waals surface area contributed by atoms with Gasteiger partial charge in [-0.3, -0.25) is 4.98 Å². The van der Waals surface area contributed by atoms with Gasteiger partial charge >= 0.3 is 0 Å². The van der Waals surface area contributed by atoms with Crippen molar-refractivity contribution in [3.8, 4) is 0 Å². The molecule has 3 rings (SSSR count). The van der Waals surface area contributed by atoms with Gasteiger partial charge in [0.1, 0.15) is 0 Å². The normalized spacial score (nSPS) is 21.4. The van der Waals surface area contributed by atoms with E-state index in [1.54, 1.807) is 0 Å². The lowest BCUT2D eigenvalue weighted by molar-refractivity contribution is -0.137. The fourth-order valence-corrected chi connectivity index (χ4v) is 2.48. The van der Waals surface area contributed by atoms with Crippen LogP contribution in [-0.4, -0.2) is 30.0 Å². The Morgan fingerprint density at radius 1 is 1.35 bits per heavy atom. The Hall–Kier alpha value is -1.49. The van der Waals surface area contributed by atoms with Gasteiger partial charge in [-0.25, -0.2) is 0 Å². The Morgan fingerprint density at radius 3 is 3.05 bits per heavy atom. The van der Waals surface area contributed by atoms with Crippen molar-refractivity contribution in [1.82, 2.24) is 10.3 Å². The number of fused-ring (bicyclic) bond motifs is 1. The molecule has 2 heterocycles. The molecule has 0 spiro atoms. The van der Waals surface area contributed by atoms with E-state index in [4.69, 9.17) is 9.47 Å². The summed E-state index contributed by atoms with van der Waals surface area (Å²) in [7, 11) is 0. The molecule has 1 fully saturated rings. The fourth-order valence-electron chi connectivity index (χ4n) is 2.48. The summed E-state index contributed by atoms with van der Waals surface area (Å²) in [4.78, 5) is 4.32. The standard InChI is InChI=1S/C16H20N2O2/c1-16(2)19-11-14(20-16)10-17-9-12-5-6-15-13(8-12)4-3-7-18-15/h3-8,14,17H,9-11H2,1-2H3. The number of aromatic nitrogens is 1. The van der Waals surface area contributed by atoms with E-state index < -0.39 is 5.79 Å². The molecular weight excluding hydrogens is 252 g/mol. The largest absolute Gasteiger partial charge is 0.348 e. The van der Waals surface area contributed by atoms with Crippen molar-refractivity contribution < 1.29 is 9.47 Å². The Bertz CT molecular complexity index is 598. The second-order valence-electron chi connectivity index (χ2n) is 5.61. The summed E-state index contributed by atoms with van der Waals surface area (Å²) >= 11 is 0. The van der Waals surface area contributed by atoms with Crippen LogP contribution in [0.2, 0.25) is 0 Å². The van der Waals surface area contributed by atoms with Crippen LogP contribution < -0.4 is 5.32 Å². The summed E-state index contributed by atoms with van der Waals surface area (Å²) in [6.45, 7) is 6.17. The van der Waals surface area contributed by atoms with Gasteiger partial charge in [-0.1, -0.05) is 12.1 Å². The number of benzene rings is 1. The smallest absolute Gasteiger partial charge is 0.163 e. The van der Waals surface area contributed by atoms with E-state index in [0.717, 1.165) is 18.6 Å². The van der Waals surface area contributed by atoms with Crippen LogP contribution in [0.1, 0.15) is 19.4 Å². The molecule has 1 aromatic heterocycles. The van der Waals surface area contributed by atoms with Crippen LogP contribution in [0.3, 0.4) is 0 Å². The maximum absolute atomic E-state index is 5.76. The van der Waals surface area contributed by atoms with Crippen LogP contribution in [0, 0.1) is 0 Å². The van der Waals surface area contributed by atoms with Crippen LogP contribution in [0.5, 0.6) is 0 Å². The van der Waals surface area contributed by atoms with Gasteiger partial charge in [0, 0.05) is 24.7 Å². The number of hydrogen-bond acceptors (Lipinski definition) is 4. The molecule has 0 amide bonds. The molecule has 20 heavy (non-hydrogen) atoms. The van der Waals surface area contributed by atoms with E-state index in [1.165, 1.54) is 10.9 Å². The number of ether oxygens (including phenoxy) is 2. The summed E-state index contributed by atoms with van der Waals surface area (Å²) < 4.78 is 11.3. The molecule has 0 radical (unpaired) electrons. The molecular formula is C16H20N2O2. The Morgan fingerprint density at radius 2 is 2.25 bits per heavy atom. The van der Waals surface area contributed by atoms with Gasteiger partial charge in [0.05, 0.1) is 18.2 Å². The Kier molecular flexibility index (Phi) is 3.70. The molecule has 0 saturated carbocycles. The first-order valence-electron chi connectivity index (χ1n) is 6.98. The van der Waals surface area contributed by atoms with Crippen molar-refractivity contribution in [3.63, 3.8) is 0 Å². The zero-order valence-electron chi connectivity index (χ0n) is 11.9. The fraction of sp³-hybridized carbons (Fsp3) is 0.438. The SMILES string of the molecule is CC1(C)OCC(CNCc2ccc3ncccc3c2)O1. The first-order valence-corrected chi connectivity index (χ1v) is 6.98. The van der Waals surface area contributed by atoms with E-state index in [2.05, 4.69) is 34.6 Å². The maximum Gasteiger partial charge on any atom is 0.163 e. The third-order valence-electron chi connectivity index (χ3n) is 3.44. The Balaban J connectivity index is 1.55. The lowest BCUT2D eigenvalue weighted by Gasteiger charge is -2.17. The predicted molar refractivity (Wildman–Crippen MR) is 78.4 cm³/mol. The van der Waals surface area contributed by atoms with Crippen molar-refractivity contribution in [2.75, 3.05) is 13.2 Å². The third-order valence-corrected chi connectivity index (χ3v) is 3.44. The minimum Gasteiger partial charge on any atom is -0.348 e. The highest BCUT2D eigenvalue weighted by atomic mass is 16.7. The highest BCUT2D eigenvalue weighted by molar-refractivity contribution is 5.78. The molecule has 106 valence electrons. The number of hydrogen-bond donors (Lipinski definition) is 1. The van der Waals surface area contributed by atoms with Crippen molar-refractivity contribution in [1.29, 1.82) is 0 Å². The summed E-state index contributed by atoms with van der Waals surface area (Å²) in [6.07, 6.45) is 1.95. The minimum atomic E-state index is -0.443. The summed E-state index contributed by atoms with van der Waals surface area (Å²) in [5.41, 5.74) is 2.29. The van der Waals surface area contributed by atoms with Gasteiger partial charge in [0.2, 0.25) is 0 Å². The Labute approximate surface area is 119 Å². The van der Waals surface area contributed by atoms with Gasteiger partial charge in [-0.2, -0.15) is 0 Å². The van der Waals surface area contributed by atoms with E-state index in [0.29, 0.717) is 6.61 Å². The molecule has 0 bridgehead atoms. The number of nitrogens with zero attached hydrogens (tertiary/aromatic N) is 1.